The third-order valence-electron chi connectivity index (χ3n) is 2.84. The van der Waals surface area contributed by atoms with Crippen molar-refractivity contribution in [2.24, 2.45) is 5.73 Å². The minimum absolute atomic E-state index is 0.0277. The van der Waals surface area contributed by atoms with Gasteiger partial charge >= 0.3 is 5.69 Å². The molecule has 0 aliphatic rings. The van der Waals surface area contributed by atoms with Gasteiger partial charge in [-0.2, -0.15) is 0 Å². The summed E-state index contributed by atoms with van der Waals surface area (Å²) >= 11 is 5.89. The van der Waals surface area contributed by atoms with Gasteiger partial charge in [-0.15, -0.1) is 0 Å². The van der Waals surface area contributed by atoms with E-state index in [4.69, 9.17) is 22.1 Å². The largest absolute Gasteiger partial charge is 0.445 e. The highest BCUT2D eigenvalue weighted by atomic mass is 35.5. The fourth-order valence-corrected chi connectivity index (χ4v) is 1.94. The molecular formula is C14H12ClFN2O3. The molecule has 2 aromatic rings. The number of nitrogens with two attached hydrogens (primary N) is 1. The van der Waals surface area contributed by atoms with Gasteiger partial charge in [-0.1, -0.05) is 23.7 Å². The molecule has 0 aliphatic heterocycles. The van der Waals surface area contributed by atoms with Crippen LogP contribution < -0.4 is 10.5 Å². The number of nitro groups is 1. The van der Waals surface area contributed by atoms with E-state index < -0.39 is 10.7 Å². The van der Waals surface area contributed by atoms with Gasteiger partial charge in [0.05, 0.1) is 9.95 Å². The van der Waals surface area contributed by atoms with E-state index in [1.807, 2.05) is 0 Å². The quantitative estimate of drug-likeness (QED) is 0.678. The summed E-state index contributed by atoms with van der Waals surface area (Å²) < 4.78 is 19.2. The van der Waals surface area contributed by atoms with Crippen LogP contribution in [0.5, 0.6) is 11.5 Å². The maximum Gasteiger partial charge on any atom is 0.313 e. The number of halogens is 2. The zero-order chi connectivity index (χ0) is 15.6. The third kappa shape index (κ3) is 3.29. The van der Waals surface area contributed by atoms with Gasteiger partial charge < -0.3 is 10.5 Å². The molecule has 0 aliphatic carbocycles. The summed E-state index contributed by atoms with van der Waals surface area (Å²) in [7, 11) is 0. The predicted molar refractivity (Wildman–Crippen MR) is 77.2 cm³/mol. The Kier molecular flexibility index (Phi) is 4.40. The molecule has 0 spiro atoms. The van der Waals surface area contributed by atoms with Crippen LogP contribution in [-0.4, -0.2) is 4.92 Å². The Morgan fingerprint density at radius 1 is 1.38 bits per heavy atom. The maximum absolute atomic E-state index is 14.0. The molecule has 2 rings (SSSR count). The van der Waals surface area contributed by atoms with Crippen LogP contribution in [0, 0.1) is 15.9 Å². The predicted octanol–water partition coefficient (Wildman–Crippen LogP) is 4.20. The van der Waals surface area contributed by atoms with Crippen molar-refractivity contribution >= 4 is 17.3 Å². The van der Waals surface area contributed by atoms with Gasteiger partial charge in [0.15, 0.2) is 11.6 Å². The number of para-hydroxylation sites is 1. The van der Waals surface area contributed by atoms with Crippen molar-refractivity contribution < 1.29 is 14.1 Å². The molecular weight excluding hydrogens is 299 g/mol. The number of benzene rings is 2. The van der Waals surface area contributed by atoms with Crippen LogP contribution in [0.1, 0.15) is 18.5 Å². The van der Waals surface area contributed by atoms with Gasteiger partial charge in [-0.3, -0.25) is 10.1 Å². The maximum atomic E-state index is 14.0. The Labute approximate surface area is 125 Å². The van der Waals surface area contributed by atoms with Crippen molar-refractivity contribution in [2.75, 3.05) is 0 Å². The molecule has 7 heteroatoms. The van der Waals surface area contributed by atoms with E-state index in [2.05, 4.69) is 0 Å². The topological polar surface area (TPSA) is 78.4 Å². The number of hydrogen-bond acceptors (Lipinski definition) is 4. The van der Waals surface area contributed by atoms with Gasteiger partial charge in [-0.25, -0.2) is 4.39 Å². The Balaban J connectivity index is 2.41. The van der Waals surface area contributed by atoms with Crippen molar-refractivity contribution in [1.82, 2.24) is 0 Å². The van der Waals surface area contributed by atoms with Crippen molar-refractivity contribution in [3.8, 4) is 11.5 Å². The SMILES string of the molecule is C[C@@H](N)c1ccc(Oc2c(Cl)cccc2[N+](=O)[O-])c(F)c1. The molecule has 1 atom stereocenters. The van der Waals surface area contributed by atoms with Crippen LogP contribution in [0.15, 0.2) is 36.4 Å². The molecule has 0 fully saturated rings. The van der Waals surface area contributed by atoms with E-state index in [9.17, 15) is 14.5 Å². The van der Waals surface area contributed by atoms with Crippen LogP contribution in [0.25, 0.3) is 0 Å². The van der Waals surface area contributed by atoms with E-state index in [0.717, 1.165) is 0 Å². The zero-order valence-corrected chi connectivity index (χ0v) is 11.8. The van der Waals surface area contributed by atoms with Crippen molar-refractivity contribution in [2.45, 2.75) is 13.0 Å². The molecule has 21 heavy (non-hydrogen) atoms. The molecule has 0 amide bonds. The molecule has 2 aromatic carbocycles. The molecule has 0 aromatic heterocycles. The normalized spacial score (nSPS) is 12.0. The number of nitrogens with zero attached hydrogens (tertiary/aromatic N) is 1. The highest BCUT2D eigenvalue weighted by Gasteiger charge is 2.20. The van der Waals surface area contributed by atoms with Crippen LogP contribution in [0.3, 0.4) is 0 Å². The lowest BCUT2D eigenvalue weighted by atomic mass is 10.1. The molecule has 110 valence electrons. The third-order valence-corrected chi connectivity index (χ3v) is 3.13. The fraction of sp³-hybridized carbons (Fsp3) is 0.143. The van der Waals surface area contributed by atoms with Crippen molar-refractivity contribution in [1.29, 1.82) is 0 Å². The Hall–Kier alpha value is -2.18. The average molecular weight is 311 g/mol. The summed E-state index contributed by atoms with van der Waals surface area (Å²) in [5.74, 6) is -1.02. The first kappa shape index (κ1) is 15.2. The zero-order valence-electron chi connectivity index (χ0n) is 11.0. The number of nitro benzene ring substituents is 1. The van der Waals surface area contributed by atoms with Crippen molar-refractivity contribution in [3.63, 3.8) is 0 Å². The minimum atomic E-state index is -0.668. The molecule has 0 bridgehead atoms. The van der Waals surface area contributed by atoms with Crippen LogP contribution >= 0.6 is 11.6 Å². The molecule has 2 N–H and O–H groups in total. The Morgan fingerprint density at radius 3 is 2.67 bits per heavy atom. The lowest BCUT2D eigenvalue weighted by Gasteiger charge is -2.11. The number of hydrogen-bond donors (Lipinski definition) is 1. The molecule has 0 saturated carbocycles. The lowest BCUT2D eigenvalue weighted by Crippen LogP contribution is -2.05. The molecule has 5 nitrogen and oxygen atoms in total. The van der Waals surface area contributed by atoms with E-state index >= 15 is 0 Å². The van der Waals surface area contributed by atoms with Crippen LogP contribution in [0.4, 0.5) is 10.1 Å². The molecule has 0 saturated heterocycles. The second-order valence-corrected chi connectivity index (χ2v) is 4.83. The van der Waals surface area contributed by atoms with Crippen molar-refractivity contribution in [3.05, 3.63) is 62.9 Å². The molecule has 0 radical (unpaired) electrons. The summed E-state index contributed by atoms with van der Waals surface area (Å²) in [6, 6.07) is 7.93. The summed E-state index contributed by atoms with van der Waals surface area (Å²) in [5, 5.41) is 11.0. The van der Waals surface area contributed by atoms with Gasteiger partial charge in [-0.05, 0) is 30.7 Å². The highest BCUT2D eigenvalue weighted by Crippen LogP contribution is 2.38. The van der Waals surface area contributed by atoms with Crippen LogP contribution in [-0.2, 0) is 0 Å². The first-order valence-electron chi connectivity index (χ1n) is 6.06. The lowest BCUT2D eigenvalue weighted by molar-refractivity contribution is -0.385. The van der Waals surface area contributed by atoms with E-state index in [-0.39, 0.29) is 28.3 Å². The summed E-state index contributed by atoms with van der Waals surface area (Å²) in [6.45, 7) is 1.72. The van der Waals surface area contributed by atoms with E-state index in [1.165, 1.54) is 30.3 Å². The average Bonchev–Trinajstić information content (AvgIpc) is 2.42. The van der Waals surface area contributed by atoms with E-state index in [0.29, 0.717) is 5.56 Å². The first-order chi connectivity index (χ1) is 9.90. The van der Waals surface area contributed by atoms with Gasteiger partial charge in [0.1, 0.15) is 0 Å². The summed E-state index contributed by atoms with van der Waals surface area (Å²) in [5.41, 5.74) is 5.91. The minimum Gasteiger partial charge on any atom is -0.445 e. The van der Waals surface area contributed by atoms with Crippen LogP contribution in [0.2, 0.25) is 5.02 Å². The number of ether oxygens (including phenoxy) is 1. The Bertz CT molecular complexity index is 692. The Morgan fingerprint density at radius 2 is 2.10 bits per heavy atom. The molecule has 0 unspecified atom stereocenters. The summed E-state index contributed by atoms with van der Waals surface area (Å²) in [6.07, 6.45) is 0. The highest BCUT2D eigenvalue weighted by molar-refractivity contribution is 6.32. The molecule has 0 heterocycles. The summed E-state index contributed by atoms with van der Waals surface area (Å²) in [4.78, 5) is 10.3. The monoisotopic (exact) mass is 310 g/mol. The first-order valence-corrected chi connectivity index (χ1v) is 6.43. The standard InChI is InChI=1S/C14H12ClFN2O3/c1-8(17)9-5-6-13(11(16)7-9)21-14-10(15)3-2-4-12(14)18(19)20/h2-8H,17H2,1H3/t8-/m1/s1. The second-order valence-electron chi connectivity index (χ2n) is 4.43. The fourth-order valence-electron chi connectivity index (χ4n) is 1.74. The van der Waals surface area contributed by atoms with Gasteiger partial charge in [0.2, 0.25) is 5.75 Å². The van der Waals surface area contributed by atoms with Gasteiger partial charge in [0, 0.05) is 12.1 Å². The smallest absolute Gasteiger partial charge is 0.313 e. The van der Waals surface area contributed by atoms with Gasteiger partial charge in [0.25, 0.3) is 0 Å². The van der Waals surface area contributed by atoms with E-state index in [1.54, 1.807) is 13.0 Å². The number of rotatable bonds is 4. The second kappa shape index (κ2) is 6.07.